The summed E-state index contributed by atoms with van der Waals surface area (Å²) in [6, 6.07) is 0. The number of carbonyl (C=O) groups is 3. The van der Waals surface area contributed by atoms with Gasteiger partial charge < -0.3 is 15.2 Å². The second-order valence-electron chi connectivity index (χ2n) is 4.84. The molecule has 2 N–H and O–H groups in total. The van der Waals surface area contributed by atoms with Gasteiger partial charge in [-0.05, 0) is 20.8 Å². The van der Waals surface area contributed by atoms with E-state index in [0.717, 1.165) is 0 Å². The average Bonchev–Trinajstić information content (AvgIpc) is 2.11. The molecular weight excluding hydrogens is 226 g/mol. The number of carboxylic acids is 1. The first-order valence-electron chi connectivity index (χ1n) is 5.33. The molecule has 1 unspecified atom stereocenters. The number of nitrogens with one attached hydrogen (secondary N) is 1. The summed E-state index contributed by atoms with van der Waals surface area (Å²) in [7, 11) is 0. The van der Waals surface area contributed by atoms with Crippen LogP contribution in [0.5, 0.6) is 0 Å². The summed E-state index contributed by atoms with van der Waals surface area (Å²) in [5, 5.41) is 10.9. The van der Waals surface area contributed by atoms with E-state index in [1.807, 2.05) is 0 Å². The first-order valence-corrected chi connectivity index (χ1v) is 5.33. The van der Waals surface area contributed by atoms with Gasteiger partial charge in [-0.2, -0.15) is 0 Å². The van der Waals surface area contributed by atoms with Crippen molar-refractivity contribution in [1.29, 1.82) is 0 Å². The molecule has 0 saturated carbocycles. The zero-order chi connectivity index (χ0) is 13.6. The molecule has 0 aliphatic heterocycles. The third-order valence-electron chi connectivity index (χ3n) is 1.78. The Morgan fingerprint density at radius 2 is 1.82 bits per heavy atom. The molecule has 0 aliphatic rings. The lowest BCUT2D eigenvalue weighted by Gasteiger charge is -2.19. The van der Waals surface area contributed by atoms with Crippen molar-refractivity contribution in [2.45, 2.75) is 39.7 Å². The molecule has 0 heterocycles. The molecule has 0 aliphatic carbocycles. The van der Waals surface area contributed by atoms with Gasteiger partial charge in [-0.25, -0.2) is 4.79 Å². The third-order valence-corrected chi connectivity index (χ3v) is 1.78. The quantitative estimate of drug-likeness (QED) is 0.759. The van der Waals surface area contributed by atoms with Crippen LogP contribution in [-0.2, 0) is 14.3 Å². The van der Waals surface area contributed by atoms with Crippen LogP contribution >= 0.6 is 0 Å². The number of amides is 1. The summed E-state index contributed by atoms with van der Waals surface area (Å²) in [4.78, 5) is 33.0. The van der Waals surface area contributed by atoms with E-state index in [9.17, 15) is 14.4 Å². The van der Waals surface area contributed by atoms with Crippen LogP contribution in [0.4, 0.5) is 4.79 Å². The highest BCUT2D eigenvalue weighted by atomic mass is 16.6. The molecule has 98 valence electrons. The number of ketones is 1. The Hall–Kier alpha value is -1.59. The van der Waals surface area contributed by atoms with Crippen LogP contribution in [0, 0.1) is 5.92 Å². The maximum absolute atomic E-state index is 11.3. The fraction of sp³-hybridized carbons (Fsp3) is 0.727. The van der Waals surface area contributed by atoms with Crippen molar-refractivity contribution in [3.8, 4) is 0 Å². The van der Waals surface area contributed by atoms with Crippen molar-refractivity contribution in [1.82, 2.24) is 5.32 Å². The monoisotopic (exact) mass is 245 g/mol. The van der Waals surface area contributed by atoms with Gasteiger partial charge in [-0.3, -0.25) is 9.59 Å². The molecule has 0 saturated heterocycles. The molecule has 17 heavy (non-hydrogen) atoms. The largest absolute Gasteiger partial charge is 0.481 e. The zero-order valence-corrected chi connectivity index (χ0v) is 10.6. The molecule has 0 fully saturated rings. The van der Waals surface area contributed by atoms with Gasteiger partial charge in [0.25, 0.3) is 0 Å². The predicted octanol–water partition coefficient (Wildman–Crippen LogP) is 1.19. The molecule has 1 amide bonds. The van der Waals surface area contributed by atoms with Crippen molar-refractivity contribution < 1.29 is 24.2 Å². The summed E-state index contributed by atoms with van der Waals surface area (Å²) >= 11 is 0. The van der Waals surface area contributed by atoms with Crippen molar-refractivity contribution in [2.75, 3.05) is 6.54 Å². The maximum Gasteiger partial charge on any atom is 0.408 e. The summed E-state index contributed by atoms with van der Waals surface area (Å²) in [5.41, 5.74) is -0.624. The lowest BCUT2D eigenvalue weighted by Crippen LogP contribution is -2.36. The van der Waals surface area contributed by atoms with Crippen LogP contribution in [0.25, 0.3) is 0 Å². The van der Waals surface area contributed by atoms with Gasteiger partial charge >= 0.3 is 12.1 Å². The van der Waals surface area contributed by atoms with Crippen LogP contribution in [0.15, 0.2) is 0 Å². The number of carbonyl (C=O) groups excluding carboxylic acids is 2. The highest BCUT2D eigenvalue weighted by Crippen LogP contribution is 2.06. The van der Waals surface area contributed by atoms with E-state index in [1.54, 1.807) is 20.8 Å². The lowest BCUT2D eigenvalue weighted by atomic mass is 10.1. The van der Waals surface area contributed by atoms with Crippen molar-refractivity contribution in [3.63, 3.8) is 0 Å². The number of hydrogen-bond acceptors (Lipinski definition) is 4. The van der Waals surface area contributed by atoms with Crippen LogP contribution in [-0.4, -0.2) is 35.1 Å². The highest BCUT2D eigenvalue weighted by molar-refractivity contribution is 5.87. The number of rotatable bonds is 5. The topological polar surface area (TPSA) is 92.7 Å². The number of Topliss-reactive ketones (excluding diaryl/α,β-unsaturated/α-hetero) is 1. The first-order chi connectivity index (χ1) is 7.61. The molecule has 0 spiro atoms. The van der Waals surface area contributed by atoms with E-state index in [-0.39, 0.29) is 18.7 Å². The van der Waals surface area contributed by atoms with Gasteiger partial charge in [0.1, 0.15) is 5.60 Å². The van der Waals surface area contributed by atoms with Gasteiger partial charge in [0, 0.05) is 6.42 Å². The van der Waals surface area contributed by atoms with Crippen molar-refractivity contribution in [3.05, 3.63) is 0 Å². The van der Waals surface area contributed by atoms with Crippen molar-refractivity contribution in [2.24, 2.45) is 5.92 Å². The number of alkyl carbamates (subject to hydrolysis) is 1. The minimum Gasteiger partial charge on any atom is -0.481 e. The van der Waals surface area contributed by atoms with E-state index in [0.29, 0.717) is 0 Å². The van der Waals surface area contributed by atoms with E-state index < -0.39 is 23.6 Å². The summed E-state index contributed by atoms with van der Waals surface area (Å²) in [6.07, 6.45) is -0.792. The van der Waals surface area contributed by atoms with Crippen LogP contribution in [0.3, 0.4) is 0 Å². The molecule has 1 atom stereocenters. The second-order valence-corrected chi connectivity index (χ2v) is 4.84. The van der Waals surface area contributed by atoms with Crippen molar-refractivity contribution >= 4 is 17.8 Å². The Labute approximate surface area is 100 Å². The normalized spacial score (nSPS) is 12.7. The summed E-state index contributed by atoms with van der Waals surface area (Å²) in [5.74, 6) is -2.12. The van der Waals surface area contributed by atoms with E-state index >= 15 is 0 Å². The lowest BCUT2D eigenvalue weighted by molar-refractivity contribution is -0.142. The minimum atomic E-state index is -1.03. The number of hydrogen-bond donors (Lipinski definition) is 2. The van der Waals surface area contributed by atoms with Crippen LogP contribution in [0.2, 0.25) is 0 Å². The number of aliphatic carboxylic acids is 1. The SMILES string of the molecule is CC(CC(=O)CNC(=O)OC(C)(C)C)C(=O)O. The smallest absolute Gasteiger partial charge is 0.408 e. The standard InChI is InChI=1S/C11H19NO5/c1-7(9(14)15)5-8(13)6-12-10(16)17-11(2,3)4/h7H,5-6H2,1-4H3,(H,12,16)(H,14,15). The van der Waals surface area contributed by atoms with Gasteiger partial charge in [0.2, 0.25) is 0 Å². The molecule has 0 rings (SSSR count). The molecule has 0 aromatic heterocycles. The third kappa shape index (κ3) is 8.24. The Morgan fingerprint density at radius 3 is 2.24 bits per heavy atom. The highest BCUT2D eigenvalue weighted by Gasteiger charge is 2.18. The Morgan fingerprint density at radius 1 is 1.29 bits per heavy atom. The first kappa shape index (κ1) is 15.4. The summed E-state index contributed by atoms with van der Waals surface area (Å²) in [6.45, 7) is 6.35. The summed E-state index contributed by atoms with van der Waals surface area (Å²) < 4.78 is 4.92. The maximum atomic E-state index is 11.3. The molecule has 0 radical (unpaired) electrons. The Bertz CT molecular complexity index is 305. The predicted molar refractivity (Wildman–Crippen MR) is 60.7 cm³/mol. The second kappa shape index (κ2) is 6.22. The van der Waals surface area contributed by atoms with E-state index in [4.69, 9.17) is 9.84 Å². The van der Waals surface area contributed by atoms with E-state index in [2.05, 4.69) is 5.32 Å². The van der Waals surface area contributed by atoms with Gasteiger partial charge in [-0.15, -0.1) is 0 Å². The van der Waals surface area contributed by atoms with Crippen LogP contribution in [0.1, 0.15) is 34.1 Å². The van der Waals surface area contributed by atoms with E-state index in [1.165, 1.54) is 6.92 Å². The zero-order valence-electron chi connectivity index (χ0n) is 10.6. The van der Waals surface area contributed by atoms with Gasteiger partial charge in [0.15, 0.2) is 5.78 Å². The Balaban J connectivity index is 3.93. The minimum absolute atomic E-state index is 0.106. The fourth-order valence-corrected chi connectivity index (χ4v) is 0.986. The average molecular weight is 245 g/mol. The molecule has 6 heteroatoms. The van der Waals surface area contributed by atoms with Crippen LogP contribution < -0.4 is 5.32 Å². The molecule has 0 bridgehead atoms. The number of ether oxygens (including phenoxy) is 1. The van der Waals surface area contributed by atoms with Gasteiger partial charge in [0.05, 0.1) is 12.5 Å². The molecular formula is C11H19NO5. The fourth-order valence-electron chi connectivity index (χ4n) is 0.986. The van der Waals surface area contributed by atoms with Gasteiger partial charge in [-0.1, -0.05) is 6.92 Å². The Kier molecular flexibility index (Phi) is 5.64. The molecule has 0 aromatic rings. The number of carboxylic acid groups (broad SMARTS) is 1. The molecule has 6 nitrogen and oxygen atoms in total. The molecule has 0 aromatic carbocycles.